The van der Waals surface area contributed by atoms with Crippen LogP contribution in [0.5, 0.6) is 0 Å². The third-order valence-corrected chi connectivity index (χ3v) is 5.79. The maximum Gasteiger partial charge on any atom is 0.328 e. The zero-order valence-electron chi connectivity index (χ0n) is 18.9. The normalized spacial score (nSPS) is 11.2. The summed E-state index contributed by atoms with van der Waals surface area (Å²) in [5.74, 6) is 0.546. The van der Waals surface area contributed by atoms with E-state index in [1.165, 1.54) is 0 Å². The van der Waals surface area contributed by atoms with E-state index in [-0.39, 0.29) is 5.69 Å². The van der Waals surface area contributed by atoms with Gasteiger partial charge >= 0.3 is 5.69 Å². The summed E-state index contributed by atoms with van der Waals surface area (Å²) in [6.07, 6.45) is 5.85. The zero-order chi connectivity index (χ0) is 22.5. The van der Waals surface area contributed by atoms with Crippen LogP contribution >= 0.6 is 0 Å². The number of aromatic amines is 1. The number of aromatic nitrogens is 7. The number of pyridine rings is 1. The van der Waals surface area contributed by atoms with Gasteiger partial charge in [0.25, 0.3) is 0 Å². The molecule has 0 unspecified atom stereocenters. The minimum absolute atomic E-state index is 0.0591. The Morgan fingerprint density at radius 2 is 1.81 bits per heavy atom. The van der Waals surface area contributed by atoms with Crippen LogP contribution in [0, 0.1) is 6.92 Å². The molecular formula is C24H29N7O. The summed E-state index contributed by atoms with van der Waals surface area (Å²) in [6.45, 7) is 7.55. The summed E-state index contributed by atoms with van der Waals surface area (Å²) in [4.78, 5) is 17.8. The molecule has 0 atom stereocenters. The standard InChI is InChI=1S/C24H29N7O/c1-4-6-11-22-17(3)30(14-5-2)24(32)31(22)16-19-13-12-18(15-25-19)20-9-7-8-10-21(20)23-26-28-29-27-23/h7-10,12-13,15H,4-6,11,14,16H2,1-3H3,(H,26,27,28,29). The summed E-state index contributed by atoms with van der Waals surface area (Å²) < 4.78 is 3.80. The van der Waals surface area contributed by atoms with Gasteiger partial charge in [-0.2, -0.15) is 5.21 Å². The van der Waals surface area contributed by atoms with Crippen LogP contribution in [-0.2, 0) is 19.5 Å². The third-order valence-electron chi connectivity index (χ3n) is 5.79. The first-order valence-corrected chi connectivity index (χ1v) is 11.2. The van der Waals surface area contributed by atoms with E-state index in [4.69, 9.17) is 0 Å². The summed E-state index contributed by atoms with van der Waals surface area (Å²) in [5.41, 5.74) is 5.96. The van der Waals surface area contributed by atoms with Crippen LogP contribution < -0.4 is 5.69 Å². The lowest BCUT2D eigenvalue weighted by atomic mass is 10.0. The molecule has 0 aliphatic carbocycles. The number of H-pyrrole nitrogens is 1. The quantitative estimate of drug-likeness (QED) is 0.432. The molecule has 8 nitrogen and oxygen atoms in total. The first kappa shape index (κ1) is 21.7. The minimum Gasteiger partial charge on any atom is -0.296 e. The Kier molecular flexibility index (Phi) is 6.58. The second-order valence-electron chi connectivity index (χ2n) is 7.98. The molecule has 0 aliphatic rings. The van der Waals surface area contributed by atoms with E-state index in [1.54, 1.807) is 0 Å². The molecule has 0 saturated carbocycles. The van der Waals surface area contributed by atoms with Crippen molar-refractivity contribution in [3.8, 4) is 22.5 Å². The Balaban J connectivity index is 1.65. The van der Waals surface area contributed by atoms with Crippen molar-refractivity contribution in [1.82, 2.24) is 34.7 Å². The maximum atomic E-state index is 13.1. The molecule has 8 heteroatoms. The summed E-state index contributed by atoms with van der Waals surface area (Å²) in [5, 5.41) is 14.4. The van der Waals surface area contributed by atoms with Crippen LogP contribution in [0.4, 0.5) is 0 Å². The highest BCUT2D eigenvalue weighted by Crippen LogP contribution is 2.29. The van der Waals surface area contributed by atoms with E-state index < -0.39 is 0 Å². The topological polar surface area (TPSA) is 94.3 Å². The molecule has 0 bridgehead atoms. The molecule has 0 fully saturated rings. The highest BCUT2D eigenvalue weighted by Gasteiger charge is 2.17. The van der Waals surface area contributed by atoms with Gasteiger partial charge in [0, 0.05) is 35.3 Å². The van der Waals surface area contributed by atoms with Crippen LogP contribution in [0.3, 0.4) is 0 Å². The first-order valence-electron chi connectivity index (χ1n) is 11.2. The lowest BCUT2D eigenvalue weighted by molar-refractivity contribution is 0.608. The molecular weight excluding hydrogens is 402 g/mol. The van der Waals surface area contributed by atoms with Crippen molar-refractivity contribution in [1.29, 1.82) is 0 Å². The number of rotatable bonds is 9. The van der Waals surface area contributed by atoms with Crippen molar-refractivity contribution in [2.75, 3.05) is 0 Å². The van der Waals surface area contributed by atoms with Gasteiger partial charge in [-0.1, -0.05) is 50.6 Å². The average molecular weight is 432 g/mol. The molecule has 3 aromatic heterocycles. The maximum absolute atomic E-state index is 13.1. The Hall–Kier alpha value is -3.55. The second kappa shape index (κ2) is 9.72. The van der Waals surface area contributed by atoms with Crippen LogP contribution in [0.25, 0.3) is 22.5 Å². The van der Waals surface area contributed by atoms with E-state index in [2.05, 4.69) is 46.4 Å². The molecule has 0 radical (unpaired) electrons. The highest BCUT2D eigenvalue weighted by molar-refractivity contribution is 5.79. The van der Waals surface area contributed by atoms with Gasteiger partial charge in [0.15, 0.2) is 0 Å². The van der Waals surface area contributed by atoms with Gasteiger partial charge in [0.1, 0.15) is 0 Å². The number of nitrogens with zero attached hydrogens (tertiary/aromatic N) is 6. The van der Waals surface area contributed by atoms with E-state index in [9.17, 15) is 4.79 Å². The molecule has 3 heterocycles. The summed E-state index contributed by atoms with van der Waals surface area (Å²) >= 11 is 0. The lowest BCUT2D eigenvalue weighted by Gasteiger charge is -2.10. The van der Waals surface area contributed by atoms with Crippen molar-refractivity contribution in [3.63, 3.8) is 0 Å². The van der Waals surface area contributed by atoms with E-state index in [0.717, 1.165) is 66.0 Å². The van der Waals surface area contributed by atoms with E-state index in [1.807, 2.05) is 51.7 Å². The molecule has 0 saturated heterocycles. The lowest BCUT2D eigenvalue weighted by Crippen LogP contribution is -2.26. The Labute approximate surface area is 187 Å². The van der Waals surface area contributed by atoms with Crippen molar-refractivity contribution in [2.24, 2.45) is 0 Å². The molecule has 32 heavy (non-hydrogen) atoms. The fourth-order valence-corrected chi connectivity index (χ4v) is 4.11. The van der Waals surface area contributed by atoms with Gasteiger partial charge in [0.05, 0.1) is 12.2 Å². The molecule has 166 valence electrons. The molecule has 0 spiro atoms. The van der Waals surface area contributed by atoms with Crippen LogP contribution in [-0.4, -0.2) is 34.7 Å². The van der Waals surface area contributed by atoms with Crippen molar-refractivity contribution in [2.45, 2.75) is 59.5 Å². The van der Waals surface area contributed by atoms with Crippen LogP contribution in [0.15, 0.2) is 47.4 Å². The number of unbranched alkanes of at least 4 members (excludes halogenated alkanes) is 1. The molecule has 0 amide bonds. The largest absolute Gasteiger partial charge is 0.328 e. The first-order chi connectivity index (χ1) is 15.6. The molecule has 1 aromatic carbocycles. The number of tetrazole rings is 1. The molecule has 0 aliphatic heterocycles. The second-order valence-corrected chi connectivity index (χ2v) is 7.98. The Bertz CT molecular complexity index is 1220. The predicted molar refractivity (Wildman–Crippen MR) is 124 cm³/mol. The summed E-state index contributed by atoms with van der Waals surface area (Å²) in [6, 6.07) is 11.9. The minimum atomic E-state index is 0.0591. The third kappa shape index (κ3) is 4.26. The zero-order valence-corrected chi connectivity index (χ0v) is 18.9. The van der Waals surface area contributed by atoms with Crippen LogP contribution in [0.1, 0.15) is 50.2 Å². The van der Waals surface area contributed by atoms with Gasteiger partial charge < -0.3 is 0 Å². The van der Waals surface area contributed by atoms with Gasteiger partial charge in [-0.05, 0) is 43.0 Å². The van der Waals surface area contributed by atoms with Gasteiger partial charge in [0.2, 0.25) is 5.82 Å². The Morgan fingerprint density at radius 3 is 2.47 bits per heavy atom. The predicted octanol–water partition coefficient (Wildman–Crippen LogP) is 4.00. The average Bonchev–Trinajstić information content (AvgIpc) is 3.43. The Morgan fingerprint density at radius 1 is 1.00 bits per heavy atom. The van der Waals surface area contributed by atoms with Gasteiger partial charge in [-0.25, -0.2) is 4.79 Å². The SMILES string of the molecule is CCCCc1c(C)n(CCC)c(=O)n1Cc1ccc(-c2ccccc2-c2nn[nH]n2)cn1. The van der Waals surface area contributed by atoms with Gasteiger partial charge in [-0.15, -0.1) is 10.2 Å². The number of benzene rings is 1. The van der Waals surface area contributed by atoms with Crippen molar-refractivity contribution < 1.29 is 0 Å². The monoisotopic (exact) mass is 431 g/mol. The van der Waals surface area contributed by atoms with E-state index in [0.29, 0.717) is 12.4 Å². The molecule has 1 N–H and O–H groups in total. The fraction of sp³-hybridized carbons (Fsp3) is 0.375. The van der Waals surface area contributed by atoms with E-state index >= 15 is 0 Å². The van der Waals surface area contributed by atoms with Crippen molar-refractivity contribution in [3.05, 3.63) is 70.2 Å². The van der Waals surface area contributed by atoms with Gasteiger partial charge in [-0.3, -0.25) is 14.1 Å². The number of imidazole rings is 1. The number of nitrogens with one attached hydrogen (secondary N) is 1. The molecule has 4 aromatic rings. The number of hydrogen-bond donors (Lipinski definition) is 1. The highest BCUT2D eigenvalue weighted by atomic mass is 16.1. The van der Waals surface area contributed by atoms with Crippen LogP contribution in [0.2, 0.25) is 0 Å². The van der Waals surface area contributed by atoms with Crippen molar-refractivity contribution >= 4 is 0 Å². The molecule has 4 rings (SSSR count). The number of hydrogen-bond acceptors (Lipinski definition) is 5. The fourth-order valence-electron chi connectivity index (χ4n) is 4.11. The smallest absolute Gasteiger partial charge is 0.296 e. The summed E-state index contributed by atoms with van der Waals surface area (Å²) in [7, 11) is 0.